The van der Waals surface area contributed by atoms with Crippen LogP contribution in [0.5, 0.6) is 6.01 Å². The van der Waals surface area contributed by atoms with Crippen LogP contribution < -0.4 is 21.1 Å². The van der Waals surface area contributed by atoms with Gasteiger partial charge in [-0.3, -0.25) is 4.57 Å². The maximum atomic E-state index is 6.20. The van der Waals surface area contributed by atoms with E-state index in [9.17, 15) is 0 Å². The minimum Gasteiger partial charge on any atom is -0.425 e. The van der Waals surface area contributed by atoms with Crippen molar-refractivity contribution in [1.82, 2.24) is 9.55 Å². The molecular weight excluding hydrogens is 475 g/mol. The van der Waals surface area contributed by atoms with Crippen molar-refractivity contribution in [3.05, 3.63) is 133 Å². The van der Waals surface area contributed by atoms with E-state index >= 15 is 0 Å². The third-order valence-electron chi connectivity index (χ3n) is 8.04. The molecule has 8 rings (SSSR count). The van der Waals surface area contributed by atoms with Gasteiger partial charge >= 0.3 is 6.01 Å². The van der Waals surface area contributed by atoms with E-state index in [0.717, 1.165) is 27.8 Å². The molecule has 5 aromatic carbocycles. The van der Waals surface area contributed by atoms with E-state index in [4.69, 9.17) is 9.72 Å². The highest BCUT2D eigenvalue weighted by Gasteiger charge is 2.40. The van der Waals surface area contributed by atoms with Gasteiger partial charge in [0.05, 0.1) is 16.7 Å². The minimum absolute atomic E-state index is 0.0316. The van der Waals surface area contributed by atoms with Crippen molar-refractivity contribution in [3.8, 4) is 34.0 Å². The maximum absolute atomic E-state index is 6.20. The molecule has 0 fully saturated rings. The lowest BCUT2D eigenvalue weighted by Crippen LogP contribution is -2.57. The van der Waals surface area contributed by atoms with E-state index in [1.807, 2.05) is 6.08 Å². The summed E-state index contributed by atoms with van der Waals surface area (Å²) in [6.45, 7) is 8.36. The summed E-state index contributed by atoms with van der Waals surface area (Å²) in [5.41, 5.74) is 13.6. The molecule has 3 heterocycles. The molecular formula is C35H23BN2O. The van der Waals surface area contributed by atoms with Crippen molar-refractivity contribution in [2.24, 2.45) is 0 Å². The van der Waals surface area contributed by atoms with Crippen LogP contribution in [-0.4, -0.2) is 16.3 Å². The Bertz CT molecular complexity index is 1910. The van der Waals surface area contributed by atoms with Gasteiger partial charge < -0.3 is 4.74 Å². The van der Waals surface area contributed by atoms with Gasteiger partial charge in [-0.25, -0.2) is 0 Å². The van der Waals surface area contributed by atoms with Crippen LogP contribution in [0.1, 0.15) is 11.1 Å². The SMILES string of the molecule is C=Cc1ccc2c3c1C(=C)Oc1nc4cccc(c4n1-3)B2c1c(-c2ccccc2)cccc1-c1ccccc1. The molecule has 0 N–H and O–H groups in total. The largest absolute Gasteiger partial charge is 0.425 e. The Balaban J connectivity index is 1.55. The lowest BCUT2D eigenvalue weighted by molar-refractivity contribution is 0.455. The summed E-state index contributed by atoms with van der Waals surface area (Å²) in [6, 6.07) is 39.4. The summed E-state index contributed by atoms with van der Waals surface area (Å²) in [4.78, 5) is 4.90. The summed E-state index contributed by atoms with van der Waals surface area (Å²) < 4.78 is 8.39. The van der Waals surface area contributed by atoms with Crippen molar-refractivity contribution in [2.45, 2.75) is 0 Å². The molecule has 0 saturated carbocycles. The monoisotopic (exact) mass is 498 g/mol. The Labute approximate surface area is 227 Å². The van der Waals surface area contributed by atoms with E-state index in [1.165, 1.54) is 38.6 Å². The van der Waals surface area contributed by atoms with Crippen LogP contribution in [0.4, 0.5) is 0 Å². The third kappa shape index (κ3) is 3.03. The van der Waals surface area contributed by atoms with Gasteiger partial charge in [-0.05, 0) is 44.8 Å². The highest BCUT2D eigenvalue weighted by Crippen LogP contribution is 2.40. The van der Waals surface area contributed by atoms with Crippen LogP contribution in [0.25, 0.3) is 50.8 Å². The van der Waals surface area contributed by atoms with Gasteiger partial charge in [0.2, 0.25) is 6.71 Å². The zero-order valence-corrected chi connectivity index (χ0v) is 21.3. The van der Waals surface area contributed by atoms with E-state index in [1.54, 1.807) is 0 Å². The fraction of sp³-hybridized carbons (Fsp3) is 0. The first-order valence-corrected chi connectivity index (χ1v) is 13.2. The van der Waals surface area contributed by atoms with Crippen LogP contribution in [-0.2, 0) is 0 Å². The molecule has 0 saturated heterocycles. The van der Waals surface area contributed by atoms with Gasteiger partial charge in [0.1, 0.15) is 5.76 Å². The topological polar surface area (TPSA) is 27.1 Å². The quantitative estimate of drug-likeness (QED) is 0.271. The van der Waals surface area contributed by atoms with Crippen LogP contribution in [0.15, 0.2) is 122 Å². The van der Waals surface area contributed by atoms with Crippen molar-refractivity contribution in [3.63, 3.8) is 0 Å². The molecule has 0 amide bonds. The molecule has 0 unspecified atom stereocenters. The molecule has 0 bridgehead atoms. The molecule has 39 heavy (non-hydrogen) atoms. The van der Waals surface area contributed by atoms with E-state index in [-0.39, 0.29) is 6.71 Å². The van der Waals surface area contributed by atoms with Crippen molar-refractivity contribution >= 4 is 46.0 Å². The number of benzene rings is 5. The minimum atomic E-state index is -0.0316. The predicted molar refractivity (Wildman–Crippen MR) is 163 cm³/mol. The maximum Gasteiger partial charge on any atom is 0.307 e. The molecule has 6 aromatic rings. The molecule has 0 atom stereocenters. The molecule has 4 heteroatoms. The molecule has 0 aliphatic carbocycles. The first-order valence-electron chi connectivity index (χ1n) is 13.2. The number of hydrogen-bond acceptors (Lipinski definition) is 2. The van der Waals surface area contributed by atoms with Crippen molar-refractivity contribution < 1.29 is 4.74 Å². The second-order valence-electron chi connectivity index (χ2n) is 10.1. The Morgan fingerprint density at radius 2 is 1.38 bits per heavy atom. The lowest BCUT2D eigenvalue weighted by atomic mass is 9.33. The number of rotatable bonds is 4. The first kappa shape index (κ1) is 21.9. The number of imidazole rings is 1. The van der Waals surface area contributed by atoms with Crippen molar-refractivity contribution in [2.75, 3.05) is 0 Å². The van der Waals surface area contributed by atoms with Crippen LogP contribution in [0, 0.1) is 0 Å². The Kier molecular flexibility index (Phi) is 4.62. The highest BCUT2D eigenvalue weighted by molar-refractivity contribution is 6.99. The summed E-state index contributed by atoms with van der Waals surface area (Å²) in [5.74, 6) is 0.603. The zero-order valence-electron chi connectivity index (χ0n) is 21.3. The number of nitrogens with zero attached hydrogens (tertiary/aromatic N) is 2. The molecule has 0 spiro atoms. The molecule has 182 valence electrons. The number of aromatic nitrogens is 2. The average molecular weight is 498 g/mol. The highest BCUT2D eigenvalue weighted by atomic mass is 16.5. The molecule has 2 aliphatic rings. The number of ether oxygens (including phenoxy) is 1. The Hall–Kier alpha value is -5.09. The van der Waals surface area contributed by atoms with Gasteiger partial charge in [0.15, 0.2) is 0 Å². The van der Waals surface area contributed by atoms with Crippen LogP contribution >= 0.6 is 0 Å². The smallest absolute Gasteiger partial charge is 0.307 e. The number of para-hydroxylation sites is 1. The molecule has 3 nitrogen and oxygen atoms in total. The second kappa shape index (κ2) is 8.21. The van der Waals surface area contributed by atoms with Crippen molar-refractivity contribution in [1.29, 1.82) is 0 Å². The summed E-state index contributed by atoms with van der Waals surface area (Å²) in [6.07, 6.45) is 1.88. The zero-order chi connectivity index (χ0) is 26.1. The molecule has 1 aromatic heterocycles. The average Bonchev–Trinajstić information content (AvgIpc) is 3.37. The van der Waals surface area contributed by atoms with Crippen LogP contribution in [0.2, 0.25) is 0 Å². The standard InChI is InChI=1S/C35H23BN2O/c1-3-23-20-21-29-34-31(23)22(2)39-35-37-30-19-11-18-28(33(30)38(34)35)36(29)32-26(24-12-6-4-7-13-24)16-10-17-27(32)25-14-8-5-9-15-25/h3-21H,1-2H2. The molecule has 2 aliphatic heterocycles. The lowest BCUT2D eigenvalue weighted by Gasteiger charge is -2.33. The van der Waals surface area contributed by atoms with E-state index < -0.39 is 0 Å². The van der Waals surface area contributed by atoms with Gasteiger partial charge in [-0.2, -0.15) is 4.98 Å². The fourth-order valence-electron chi connectivity index (χ4n) is 6.45. The van der Waals surface area contributed by atoms with Gasteiger partial charge in [-0.1, -0.05) is 128 Å². The Morgan fingerprint density at radius 3 is 2.05 bits per heavy atom. The van der Waals surface area contributed by atoms with Gasteiger partial charge in [0, 0.05) is 5.56 Å². The fourth-order valence-corrected chi connectivity index (χ4v) is 6.45. The Morgan fingerprint density at radius 1 is 0.718 bits per heavy atom. The van der Waals surface area contributed by atoms with E-state index in [0.29, 0.717) is 11.8 Å². The molecule has 0 radical (unpaired) electrons. The normalized spacial score (nSPS) is 12.9. The van der Waals surface area contributed by atoms with Gasteiger partial charge in [0.25, 0.3) is 0 Å². The summed E-state index contributed by atoms with van der Waals surface area (Å²) in [5, 5.41) is 0. The second-order valence-corrected chi connectivity index (χ2v) is 10.1. The van der Waals surface area contributed by atoms with E-state index in [2.05, 4.69) is 127 Å². The number of hydrogen-bond donors (Lipinski definition) is 0. The summed E-state index contributed by atoms with van der Waals surface area (Å²) in [7, 11) is 0. The van der Waals surface area contributed by atoms with Crippen LogP contribution in [0.3, 0.4) is 0 Å². The first-order chi connectivity index (χ1) is 19.2. The predicted octanol–water partition coefficient (Wildman–Crippen LogP) is 6.20. The summed E-state index contributed by atoms with van der Waals surface area (Å²) >= 11 is 0. The van der Waals surface area contributed by atoms with Gasteiger partial charge in [-0.15, -0.1) is 0 Å². The third-order valence-corrected chi connectivity index (χ3v) is 8.04.